The first-order valence-corrected chi connectivity index (χ1v) is 5.40. The van der Waals surface area contributed by atoms with Gasteiger partial charge in [0.25, 0.3) is 0 Å². The van der Waals surface area contributed by atoms with Crippen molar-refractivity contribution in [1.82, 2.24) is 0 Å². The molecule has 0 aliphatic carbocycles. The van der Waals surface area contributed by atoms with E-state index in [9.17, 15) is 4.79 Å². The standard InChI is InChI=1S/C10H12INO2/c11-8-4-1-7(2-5-8)3-6-9(12)10(13)14/h1-2,4-5,9H,3,6,12H2,(H,13,14)/t9-/m0/s1. The molecule has 0 aliphatic heterocycles. The van der Waals surface area contributed by atoms with Crippen molar-refractivity contribution in [3.8, 4) is 0 Å². The van der Waals surface area contributed by atoms with Crippen LogP contribution in [0.25, 0.3) is 0 Å². The fourth-order valence-electron chi connectivity index (χ4n) is 1.10. The Hall–Kier alpha value is -0.620. The molecule has 1 aromatic carbocycles. The predicted octanol–water partition coefficient (Wildman–Crippen LogP) is 1.64. The number of aliphatic carboxylic acids is 1. The number of hydrogen-bond acceptors (Lipinski definition) is 2. The zero-order chi connectivity index (χ0) is 10.6. The molecule has 76 valence electrons. The molecule has 4 heteroatoms. The van der Waals surface area contributed by atoms with Gasteiger partial charge in [0.05, 0.1) is 0 Å². The highest BCUT2D eigenvalue weighted by Gasteiger charge is 2.10. The number of nitrogens with two attached hydrogens (primary N) is 1. The van der Waals surface area contributed by atoms with Crippen molar-refractivity contribution in [3.05, 3.63) is 33.4 Å². The lowest BCUT2D eigenvalue weighted by Gasteiger charge is -2.05. The van der Waals surface area contributed by atoms with E-state index >= 15 is 0 Å². The molecule has 0 amide bonds. The van der Waals surface area contributed by atoms with E-state index in [0.29, 0.717) is 12.8 Å². The summed E-state index contributed by atoms with van der Waals surface area (Å²) in [6.07, 6.45) is 1.19. The molecule has 0 aromatic heterocycles. The van der Waals surface area contributed by atoms with Gasteiger partial charge >= 0.3 is 5.97 Å². The Kier molecular flexibility index (Phi) is 4.34. The van der Waals surface area contributed by atoms with Crippen molar-refractivity contribution in [2.45, 2.75) is 18.9 Å². The third-order valence-electron chi connectivity index (χ3n) is 1.97. The molecule has 0 bridgehead atoms. The summed E-state index contributed by atoms with van der Waals surface area (Å²) in [7, 11) is 0. The molecule has 0 saturated carbocycles. The van der Waals surface area contributed by atoms with E-state index < -0.39 is 12.0 Å². The van der Waals surface area contributed by atoms with E-state index in [2.05, 4.69) is 22.6 Å². The molecule has 0 saturated heterocycles. The SMILES string of the molecule is N[C@@H](CCc1ccc(I)cc1)C(=O)O. The molecule has 14 heavy (non-hydrogen) atoms. The van der Waals surface area contributed by atoms with Gasteiger partial charge in [0, 0.05) is 3.57 Å². The number of aryl methyl sites for hydroxylation is 1. The van der Waals surface area contributed by atoms with E-state index in [1.54, 1.807) is 0 Å². The maximum Gasteiger partial charge on any atom is 0.320 e. The van der Waals surface area contributed by atoms with Gasteiger partial charge in [0.1, 0.15) is 6.04 Å². The van der Waals surface area contributed by atoms with Crippen LogP contribution in [-0.2, 0) is 11.2 Å². The van der Waals surface area contributed by atoms with Gasteiger partial charge in [-0.3, -0.25) is 4.79 Å². The number of carboxylic acid groups (broad SMARTS) is 1. The van der Waals surface area contributed by atoms with Gasteiger partial charge in [-0.25, -0.2) is 0 Å². The number of carbonyl (C=O) groups is 1. The highest BCUT2D eigenvalue weighted by atomic mass is 127. The topological polar surface area (TPSA) is 63.3 Å². The average molecular weight is 305 g/mol. The largest absolute Gasteiger partial charge is 0.480 e. The molecule has 3 N–H and O–H groups in total. The lowest BCUT2D eigenvalue weighted by atomic mass is 10.1. The summed E-state index contributed by atoms with van der Waals surface area (Å²) < 4.78 is 1.17. The van der Waals surface area contributed by atoms with Gasteiger partial charge in [-0.15, -0.1) is 0 Å². The van der Waals surface area contributed by atoms with Crippen LogP contribution < -0.4 is 5.73 Å². The summed E-state index contributed by atoms with van der Waals surface area (Å²) in [5, 5.41) is 8.58. The zero-order valence-electron chi connectivity index (χ0n) is 7.61. The van der Waals surface area contributed by atoms with Crippen LogP contribution in [0.5, 0.6) is 0 Å². The molecule has 0 radical (unpaired) electrons. The van der Waals surface area contributed by atoms with Crippen LogP contribution in [0.15, 0.2) is 24.3 Å². The Morgan fingerprint density at radius 2 is 2.00 bits per heavy atom. The molecule has 1 aromatic rings. The molecule has 1 atom stereocenters. The van der Waals surface area contributed by atoms with Crippen LogP contribution in [0, 0.1) is 3.57 Å². The monoisotopic (exact) mass is 305 g/mol. The van der Waals surface area contributed by atoms with Crippen LogP contribution >= 0.6 is 22.6 Å². The Bertz CT molecular complexity index is 310. The number of halogens is 1. The molecule has 0 fully saturated rings. The van der Waals surface area contributed by atoms with Gasteiger partial charge in [-0.1, -0.05) is 12.1 Å². The first-order chi connectivity index (χ1) is 6.59. The molecule has 0 unspecified atom stereocenters. The number of hydrogen-bond donors (Lipinski definition) is 2. The minimum Gasteiger partial charge on any atom is -0.480 e. The predicted molar refractivity (Wildman–Crippen MR) is 63.1 cm³/mol. The van der Waals surface area contributed by atoms with Gasteiger partial charge in [-0.05, 0) is 53.1 Å². The Labute approximate surface area is 96.4 Å². The second-order valence-corrected chi connectivity index (χ2v) is 4.36. The summed E-state index contributed by atoms with van der Waals surface area (Å²) in [6.45, 7) is 0. The molecule has 0 spiro atoms. The number of carboxylic acids is 1. The van der Waals surface area contributed by atoms with Gasteiger partial charge in [0.2, 0.25) is 0 Å². The second kappa shape index (κ2) is 5.31. The van der Waals surface area contributed by atoms with Crippen molar-refractivity contribution in [2.75, 3.05) is 0 Å². The van der Waals surface area contributed by atoms with Gasteiger partial charge in [0.15, 0.2) is 0 Å². The van der Waals surface area contributed by atoms with Crippen LogP contribution in [-0.4, -0.2) is 17.1 Å². The van der Waals surface area contributed by atoms with Crippen LogP contribution in [0.2, 0.25) is 0 Å². The van der Waals surface area contributed by atoms with E-state index in [1.807, 2.05) is 24.3 Å². The van der Waals surface area contributed by atoms with E-state index in [0.717, 1.165) is 5.56 Å². The Balaban J connectivity index is 2.46. The molecule has 0 heterocycles. The van der Waals surface area contributed by atoms with Crippen molar-refractivity contribution in [1.29, 1.82) is 0 Å². The third kappa shape index (κ3) is 3.63. The van der Waals surface area contributed by atoms with Crippen LogP contribution in [0.1, 0.15) is 12.0 Å². The molecular weight excluding hydrogens is 293 g/mol. The summed E-state index contributed by atoms with van der Waals surface area (Å²) in [4.78, 5) is 10.4. The highest BCUT2D eigenvalue weighted by Crippen LogP contribution is 2.09. The first kappa shape index (κ1) is 11.5. The number of rotatable bonds is 4. The van der Waals surface area contributed by atoms with Crippen LogP contribution in [0.4, 0.5) is 0 Å². The molecule has 3 nitrogen and oxygen atoms in total. The smallest absolute Gasteiger partial charge is 0.320 e. The minimum absolute atomic E-state index is 0.482. The summed E-state index contributed by atoms with van der Waals surface area (Å²) in [5.41, 5.74) is 6.52. The molecule has 1 rings (SSSR count). The average Bonchev–Trinajstić information content (AvgIpc) is 2.16. The maximum atomic E-state index is 10.4. The molecular formula is C10H12INO2. The third-order valence-corrected chi connectivity index (χ3v) is 2.69. The van der Waals surface area contributed by atoms with Crippen molar-refractivity contribution >= 4 is 28.6 Å². The van der Waals surface area contributed by atoms with E-state index in [-0.39, 0.29) is 0 Å². The van der Waals surface area contributed by atoms with Crippen LogP contribution in [0.3, 0.4) is 0 Å². The summed E-state index contributed by atoms with van der Waals surface area (Å²) in [6, 6.07) is 7.24. The van der Waals surface area contributed by atoms with Crippen molar-refractivity contribution < 1.29 is 9.90 Å². The van der Waals surface area contributed by atoms with E-state index in [4.69, 9.17) is 10.8 Å². The lowest BCUT2D eigenvalue weighted by Crippen LogP contribution is -2.30. The van der Waals surface area contributed by atoms with Crippen molar-refractivity contribution in [2.24, 2.45) is 5.73 Å². The van der Waals surface area contributed by atoms with Crippen molar-refractivity contribution in [3.63, 3.8) is 0 Å². The van der Waals surface area contributed by atoms with E-state index in [1.165, 1.54) is 3.57 Å². The summed E-state index contributed by atoms with van der Waals surface area (Å²) in [5.74, 6) is -0.935. The molecule has 0 aliphatic rings. The second-order valence-electron chi connectivity index (χ2n) is 3.11. The van der Waals surface area contributed by atoms with Gasteiger partial charge in [-0.2, -0.15) is 0 Å². The zero-order valence-corrected chi connectivity index (χ0v) is 9.77. The lowest BCUT2D eigenvalue weighted by molar-refractivity contribution is -0.138. The fourth-order valence-corrected chi connectivity index (χ4v) is 1.46. The quantitative estimate of drug-likeness (QED) is 0.831. The first-order valence-electron chi connectivity index (χ1n) is 4.32. The summed E-state index contributed by atoms with van der Waals surface area (Å²) >= 11 is 2.23. The Morgan fingerprint density at radius 3 is 2.50 bits per heavy atom. The van der Waals surface area contributed by atoms with Gasteiger partial charge < -0.3 is 10.8 Å². The maximum absolute atomic E-state index is 10.4. The normalized spacial score (nSPS) is 12.4. The fraction of sp³-hybridized carbons (Fsp3) is 0.300. The Morgan fingerprint density at radius 1 is 1.43 bits per heavy atom. The number of benzene rings is 1. The minimum atomic E-state index is -0.935. The highest BCUT2D eigenvalue weighted by molar-refractivity contribution is 14.1.